The van der Waals surface area contributed by atoms with Gasteiger partial charge in [-0.3, -0.25) is 0 Å². The summed E-state index contributed by atoms with van der Waals surface area (Å²) in [6.07, 6.45) is 0. The van der Waals surface area contributed by atoms with Crippen LogP contribution in [0.1, 0.15) is 18.1 Å². The summed E-state index contributed by atoms with van der Waals surface area (Å²) in [6, 6.07) is 6.01. The normalized spacial score (nSPS) is 12.6. The largest absolute Gasteiger partial charge is 0.392 e. The number of rotatable bonds is 4. The third-order valence-electron chi connectivity index (χ3n) is 2.10. The van der Waals surface area contributed by atoms with Gasteiger partial charge in [-0.15, -0.1) is 0 Å². The van der Waals surface area contributed by atoms with E-state index in [9.17, 15) is 0 Å². The van der Waals surface area contributed by atoms with Crippen molar-refractivity contribution in [1.82, 2.24) is 0 Å². The maximum absolute atomic E-state index is 8.98. The zero-order valence-corrected chi connectivity index (χ0v) is 8.75. The summed E-state index contributed by atoms with van der Waals surface area (Å²) in [7, 11) is 0. The second-order valence-corrected chi connectivity index (χ2v) is 3.67. The van der Waals surface area contributed by atoms with Crippen LogP contribution in [0.15, 0.2) is 18.2 Å². The third kappa shape index (κ3) is 3.01. The van der Waals surface area contributed by atoms with Gasteiger partial charge in [0.25, 0.3) is 0 Å². The van der Waals surface area contributed by atoms with E-state index in [4.69, 9.17) is 10.8 Å². The van der Waals surface area contributed by atoms with E-state index in [0.29, 0.717) is 0 Å². The van der Waals surface area contributed by atoms with Crippen molar-refractivity contribution in [1.29, 1.82) is 0 Å². The first-order valence-electron chi connectivity index (χ1n) is 4.83. The van der Waals surface area contributed by atoms with Crippen molar-refractivity contribution in [2.45, 2.75) is 26.5 Å². The Bertz CT molecular complexity index is 297. The second kappa shape index (κ2) is 4.98. The Kier molecular flexibility index (Phi) is 3.92. The molecule has 78 valence electrons. The van der Waals surface area contributed by atoms with E-state index in [0.717, 1.165) is 17.8 Å². The smallest absolute Gasteiger partial charge is 0.0682 e. The Balaban J connectivity index is 2.73. The van der Waals surface area contributed by atoms with Crippen LogP contribution >= 0.6 is 0 Å². The van der Waals surface area contributed by atoms with Crippen LogP contribution in [0.5, 0.6) is 0 Å². The van der Waals surface area contributed by atoms with Crippen molar-refractivity contribution < 1.29 is 5.11 Å². The van der Waals surface area contributed by atoms with E-state index in [1.165, 1.54) is 5.56 Å². The highest BCUT2D eigenvalue weighted by Crippen LogP contribution is 2.16. The molecule has 0 heterocycles. The summed E-state index contributed by atoms with van der Waals surface area (Å²) in [6.45, 7) is 4.81. The summed E-state index contributed by atoms with van der Waals surface area (Å²) < 4.78 is 0. The van der Waals surface area contributed by atoms with Crippen LogP contribution in [0.3, 0.4) is 0 Å². The molecule has 0 bridgehead atoms. The summed E-state index contributed by atoms with van der Waals surface area (Å²) in [5, 5.41) is 12.2. The van der Waals surface area contributed by atoms with Gasteiger partial charge in [0.1, 0.15) is 0 Å². The zero-order chi connectivity index (χ0) is 10.6. The monoisotopic (exact) mass is 194 g/mol. The predicted octanol–water partition coefficient (Wildman–Crippen LogP) is 1.25. The number of hydrogen-bond acceptors (Lipinski definition) is 3. The van der Waals surface area contributed by atoms with Crippen LogP contribution in [-0.2, 0) is 6.61 Å². The Morgan fingerprint density at radius 2 is 2.21 bits per heavy atom. The molecule has 0 saturated heterocycles. The number of aliphatic hydroxyl groups excluding tert-OH is 1. The van der Waals surface area contributed by atoms with Gasteiger partial charge in [-0.25, -0.2) is 0 Å². The molecule has 0 radical (unpaired) electrons. The quantitative estimate of drug-likeness (QED) is 0.676. The number of anilines is 1. The molecule has 0 aromatic heterocycles. The predicted molar refractivity (Wildman–Crippen MR) is 59.2 cm³/mol. The number of hydrogen-bond donors (Lipinski definition) is 3. The molecule has 0 aliphatic heterocycles. The van der Waals surface area contributed by atoms with Crippen LogP contribution in [0, 0.1) is 6.92 Å². The van der Waals surface area contributed by atoms with Gasteiger partial charge < -0.3 is 16.2 Å². The summed E-state index contributed by atoms with van der Waals surface area (Å²) in [5.41, 5.74) is 8.79. The van der Waals surface area contributed by atoms with E-state index >= 15 is 0 Å². The maximum atomic E-state index is 8.98. The molecule has 1 unspecified atom stereocenters. The fraction of sp³-hybridized carbons (Fsp3) is 0.455. The lowest BCUT2D eigenvalue weighted by molar-refractivity contribution is 0.282. The summed E-state index contributed by atoms with van der Waals surface area (Å²) in [4.78, 5) is 0. The van der Waals surface area contributed by atoms with Gasteiger partial charge >= 0.3 is 0 Å². The van der Waals surface area contributed by atoms with Crippen LogP contribution in [0.25, 0.3) is 0 Å². The molecule has 0 fully saturated rings. The molecule has 0 saturated carbocycles. The van der Waals surface area contributed by atoms with E-state index < -0.39 is 0 Å². The SMILES string of the molecule is Cc1ccc(CO)cc1NCC(C)N. The number of benzene rings is 1. The molecule has 1 rings (SSSR count). The molecule has 1 atom stereocenters. The summed E-state index contributed by atoms with van der Waals surface area (Å²) in [5.74, 6) is 0. The van der Waals surface area contributed by atoms with E-state index in [1.807, 2.05) is 32.0 Å². The van der Waals surface area contributed by atoms with Crippen molar-refractivity contribution in [2.24, 2.45) is 5.73 Å². The second-order valence-electron chi connectivity index (χ2n) is 3.67. The first-order chi connectivity index (χ1) is 6.63. The topological polar surface area (TPSA) is 58.3 Å². The Morgan fingerprint density at radius 1 is 1.50 bits per heavy atom. The van der Waals surface area contributed by atoms with Crippen LogP contribution < -0.4 is 11.1 Å². The van der Waals surface area contributed by atoms with Gasteiger partial charge in [0, 0.05) is 18.3 Å². The zero-order valence-electron chi connectivity index (χ0n) is 8.75. The molecule has 3 nitrogen and oxygen atoms in total. The molecule has 4 N–H and O–H groups in total. The Hall–Kier alpha value is -1.06. The van der Waals surface area contributed by atoms with Crippen molar-refractivity contribution in [3.8, 4) is 0 Å². The lowest BCUT2D eigenvalue weighted by Gasteiger charge is -2.12. The lowest BCUT2D eigenvalue weighted by atomic mass is 10.1. The third-order valence-corrected chi connectivity index (χ3v) is 2.10. The van der Waals surface area contributed by atoms with Gasteiger partial charge in [0.15, 0.2) is 0 Å². The average molecular weight is 194 g/mol. The Morgan fingerprint density at radius 3 is 2.79 bits per heavy atom. The molecular weight excluding hydrogens is 176 g/mol. The molecule has 1 aromatic rings. The number of nitrogens with two attached hydrogens (primary N) is 1. The van der Waals surface area contributed by atoms with Gasteiger partial charge in [-0.1, -0.05) is 12.1 Å². The number of aliphatic hydroxyl groups is 1. The molecular formula is C11H18N2O. The first-order valence-corrected chi connectivity index (χ1v) is 4.83. The van der Waals surface area contributed by atoms with Gasteiger partial charge in [0.2, 0.25) is 0 Å². The fourth-order valence-electron chi connectivity index (χ4n) is 1.23. The standard InChI is InChI=1S/C11H18N2O/c1-8-3-4-10(7-14)5-11(8)13-6-9(2)12/h3-5,9,13-14H,6-7,12H2,1-2H3. The molecule has 0 aliphatic carbocycles. The highest BCUT2D eigenvalue weighted by atomic mass is 16.3. The fourth-order valence-corrected chi connectivity index (χ4v) is 1.23. The highest BCUT2D eigenvalue weighted by molar-refractivity contribution is 5.52. The molecule has 0 spiro atoms. The van der Waals surface area contributed by atoms with Crippen molar-refractivity contribution >= 4 is 5.69 Å². The maximum Gasteiger partial charge on any atom is 0.0682 e. The molecule has 0 amide bonds. The lowest BCUT2D eigenvalue weighted by Crippen LogP contribution is -2.25. The van der Waals surface area contributed by atoms with E-state index in [2.05, 4.69) is 5.32 Å². The first kappa shape index (κ1) is 11.0. The summed E-state index contributed by atoms with van der Waals surface area (Å²) >= 11 is 0. The van der Waals surface area contributed by atoms with Crippen LogP contribution in [0.4, 0.5) is 5.69 Å². The van der Waals surface area contributed by atoms with Crippen LogP contribution in [0.2, 0.25) is 0 Å². The average Bonchev–Trinajstić information content (AvgIpc) is 2.16. The highest BCUT2D eigenvalue weighted by Gasteiger charge is 2.00. The van der Waals surface area contributed by atoms with Crippen molar-refractivity contribution in [3.05, 3.63) is 29.3 Å². The van der Waals surface area contributed by atoms with Gasteiger partial charge in [0.05, 0.1) is 6.61 Å². The van der Waals surface area contributed by atoms with E-state index in [-0.39, 0.29) is 12.6 Å². The minimum Gasteiger partial charge on any atom is -0.392 e. The number of aryl methyl sites for hydroxylation is 1. The Labute approximate surface area is 84.9 Å². The molecule has 14 heavy (non-hydrogen) atoms. The van der Waals surface area contributed by atoms with E-state index in [1.54, 1.807) is 0 Å². The molecule has 3 heteroatoms. The molecule has 1 aromatic carbocycles. The number of nitrogens with one attached hydrogen (secondary N) is 1. The molecule has 0 aliphatic rings. The van der Waals surface area contributed by atoms with Gasteiger partial charge in [-0.05, 0) is 31.0 Å². The minimum absolute atomic E-state index is 0.0765. The minimum atomic E-state index is 0.0765. The van der Waals surface area contributed by atoms with Gasteiger partial charge in [-0.2, -0.15) is 0 Å². The van der Waals surface area contributed by atoms with Crippen molar-refractivity contribution in [3.63, 3.8) is 0 Å². The van der Waals surface area contributed by atoms with Crippen LogP contribution in [-0.4, -0.2) is 17.7 Å². The van der Waals surface area contributed by atoms with Crippen molar-refractivity contribution in [2.75, 3.05) is 11.9 Å².